The second-order valence-electron chi connectivity index (χ2n) is 7.84. The Labute approximate surface area is 188 Å². The molecule has 0 bridgehead atoms. The number of aromatic carboxylic acids is 1. The van der Waals surface area contributed by atoms with Gasteiger partial charge in [0.2, 0.25) is 0 Å². The molecule has 33 heavy (non-hydrogen) atoms. The molecular weight excluding hydrogens is 434 g/mol. The van der Waals surface area contributed by atoms with Crippen molar-refractivity contribution in [1.82, 2.24) is 19.6 Å². The number of H-pyrrole nitrogens is 1. The molecule has 0 fully saturated rings. The lowest BCUT2D eigenvalue weighted by Gasteiger charge is -2.20. The number of carbonyl (C=O) groups is 3. The average molecular weight is 459 g/mol. The second kappa shape index (κ2) is 10.0. The Kier molecular flexibility index (Phi) is 7.67. The molecule has 0 aliphatic rings. The number of hydrogen-bond acceptors (Lipinski definition) is 9. The number of nitrogens with zero attached hydrogens (tertiary/aromatic N) is 3. The van der Waals surface area contributed by atoms with Crippen molar-refractivity contribution in [3.8, 4) is 0 Å². The summed E-state index contributed by atoms with van der Waals surface area (Å²) in [6.07, 6.45) is 0. The van der Waals surface area contributed by atoms with Crippen molar-refractivity contribution in [2.75, 3.05) is 7.11 Å². The normalized spacial score (nSPS) is 10.8. The topological polar surface area (TPSA) is 179 Å². The first-order valence-corrected chi connectivity index (χ1v) is 9.70. The fraction of sp³-hybridized carbons (Fsp3) is 0.333. The molecule has 12 heteroatoms. The summed E-state index contributed by atoms with van der Waals surface area (Å²) in [6.45, 7) is 7.94. The van der Waals surface area contributed by atoms with Crippen LogP contribution in [-0.2, 0) is 16.0 Å². The number of aromatic nitrogens is 4. The number of methoxy groups -OCH3 is 1. The summed E-state index contributed by atoms with van der Waals surface area (Å²) in [4.78, 5) is 52.0. The Hall–Kier alpha value is -4.06. The van der Waals surface area contributed by atoms with Crippen LogP contribution in [0.2, 0.25) is 0 Å². The predicted octanol–water partition coefficient (Wildman–Crippen LogP) is 1.31. The highest BCUT2D eigenvalue weighted by molar-refractivity contribution is 5.93. The zero-order valence-electron chi connectivity index (χ0n) is 18.8. The third-order valence-electron chi connectivity index (χ3n) is 4.10. The van der Waals surface area contributed by atoms with Crippen molar-refractivity contribution in [2.24, 2.45) is 5.73 Å². The summed E-state index contributed by atoms with van der Waals surface area (Å²) in [7, 11) is 1.13. The highest BCUT2D eigenvalue weighted by Gasteiger charge is 2.19. The van der Waals surface area contributed by atoms with E-state index in [-0.39, 0.29) is 17.4 Å². The molecule has 0 atom stereocenters. The third kappa shape index (κ3) is 6.46. The number of carboxylic acid groups (broad SMARTS) is 1. The number of fused-ring (bicyclic) bond motifs is 1. The molecule has 2 aromatic heterocycles. The number of aromatic amines is 1. The smallest absolute Gasteiger partial charge is 0.363 e. The summed E-state index contributed by atoms with van der Waals surface area (Å²) in [5, 5.41) is 11.0. The molecule has 0 saturated heterocycles. The van der Waals surface area contributed by atoms with Gasteiger partial charge in [-0.25, -0.2) is 33.8 Å². The number of hydrogen-bond donors (Lipinski definition) is 3. The second-order valence-corrected chi connectivity index (χ2v) is 7.84. The zero-order chi connectivity index (χ0) is 24.9. The van der Waals surface area contributed by atoms with Crippen LogP contribution in [0, 0.1) is 6.92 Å². The molecule has 0 unspecified atom stereocenters. The molecule has 2 heterocycles. The van der Waals surface area contributed by atoms with Gasteiger partial charge in [-0.3, -0.25) is 0 Å². The summed E-state index contributed by atoms with van der Waals surface area (Å²) in [6, 6.07) is 6.52. The van der Waals surface area contributed by atoms with Crippen molar-refractivity contribution >= 4 is 23.7 Å². The summed E-state index contributed by atoms with van der Waals surface area (Å²) in [5.41, 5.74) is 6.26. The van der Waals surface area contributed by atoms with Crippen LogP contribution in [0.15, 0.2) is 29.1 Å². The first-order valence-electron chi connectivity index (χ1n) is 9.70. The fourth-order valence-electron chi connectivity index (χ4n) is 2.67. The van der Waals surface area contributed by atoms with Crippen molar-refractivity contribution in [3.05, 3.63) is 62.8 Å². The summed E-state index contributed by atoms with van der Waals surface area (Å²) in [5.74, 6) is -2.65. The molecule has 0 aliphatic carbocycles. The van der Waals surface area contributed by atoms with E-state index >= 15 is 0 Å². The van der Waals surface area contributed by atoms with Gasteiger partial charge in [0.05, 0.1) is 12.7 Å². The van der Waals surface area contributed by atoms with Gasteiger partial charge in [-0.1, -0.05) is 12.1 Å². The van der Waals surface area contributed by atoms with E-state index < -0.39 is 28.9 Å². The van der Waals surface area contributed by atoms with E-state index in [1.807, 2.05) is 39.8 Å². The Balaban J connectivity index is 0.000000234. The average Bonchev–Trinajstić information content (AvgIpc) is 3.11. The molecule has 0 spiro atoms. The van der Waals surface area contributed by atoms with Crippen molar-refractivity contribution in [2.45, 2.75) is 39.8 Å². The molecule has 4 N–H and O–H groups in total. The Morgan fingerprint density at radius 1 is 1.15 bits per heavy atom. The zero-order valence-corrected chi connectivity index (χ0v) is 18.8. The predicted molar refractivity (Wildman–Crippen MR) is 116 cm³/mol. The maximum atomic E-state index is 11.8. The monoisotopic (exact) mass is 459 g/mol. The number of ether oxygens (including phenoxy) is 2. The number of nitrogens with one attached hydrogen (secondary N) is 1. The number of benzene rings is 1. The van der Waals surface area contributed by atoms with E-state index in [1.165, 1.54) is 0 Å². The minimum absolute atomic E-state index is 0.176. The van der Waals surface area contributed by atoms with Crippen LogP contribution in [0.5, 0.6) is 0 Å². The first-order chi connectivity index (χ1) is 15.4. The molecule has 0 radical (unpaired) electrons. The Morgan fingerprint density at radius 3 is 2.33 bits per heavy atom. The quantitative estimate of drug-likeness (QED) is 0.482. The molecule has 0 amide bonds. The Bertz CT molecular complexity index is 1250. The van der Waals surface area contributed by atoms with E-state index in [4.69, 9.17) is 15.6 Å². The van der Waals surface area contributed by atoms with Crippen molar-refractivity contribution < 1.29 is 29.0 Å². The lowest BCUT2D eigenvalue weighted by atomic mass is 10.0. The number of carboxylic acids is 1. The fourth-order valence-corrected chi connectivity index (χ4v) is 2.67. The highest BCUT2D eigenvalue weighted by atomic mass is 16.6. The maximum absolute atomic E-state index is 11.8. The van der Waals surface area contributed by atoms with Gasteiger partial charge in [-0.05, 0) is 44.9 Å². The Morgan fingerprint density at radius 2 is 1.82 bits per heavy atom. The van der Waals surface area contributed by atoms with Gasteiger partial charge in [0.15, 0.2) is 11.4 Å². The van der Waals surface area contributed by atoms with E-state index in [0.29, 0.717) is 12.1 Å². The van der Waals surface area contributed by atoms with Crippen LogP contribution in [0.4, 0.5) is 0 Å². The van der Waals surface area contributed by atoms with E-state index in [2.05, 4.69) is 19.8 Å². The lowest BCUT2D eigenvalue weighted by molar-refractivity contribution is 0.00683. The summed E-state index contributed by atoms with van der Waals surface area (Å²) < 4.78 is 10.7. The SMILES string of the molecule is COC(=O)c1cc(C(=O)O)nc2nc(=O)[nH]n12.Cc1cc(CN)ccc1C(=O)OC(C)(C)C. The number of rotatable bonds is 4. The van der Waals surface area contributed by atoms with Gasteiger partial charge in [0.1, 0.15) is 5.60 Å². The molecule has 3 aromatic rings. The van der Waals surface area contributed by atoms with Crippen LogP contribution in [0.25, 0.3) is 5.78 Å². The molecular formula is C21H25N5O7. The number of carbonyl (C=O) groups excluding carboxylic acids is 2. The lowest BCUT2D eigenvalue weighted by Crippen LogP contribution is -2.24. The van der Waals surface area contributed by atoms with Crippen LogP contribution < -0.4 is 11.4 Å². The van der Waals surface area contributed by atoms with Gasteiger partial charge in [0, 0.05) is 12.6 Å². The van der Waals surface area contributed by atoms with Gasteiger partial charge >= 0.3 is 23.6 Å². The standard InChI is InChI=1S/C13H19NO2.C8H6N4O5/c1-9-7-10(8-14)5-6-11(9)12(15)16-13(2,3)4;1-17-6(15)4-2-3(5(13)14)9-7-10-8(16)11-12(4)7/h5-7H,8,14H2,1-4H3;2H,1H3,(H,11,16)(H,13,14). The van der Waals surface area contributed by atoms with Crippen LogP contribution in [-0.4, -0.2) is 55.3 Å². The largest absolute Gasteiger partial charge is 0.477 e. The number of esters is 2. The van der Waals surface area contributed by atoms with Crippen LogP contribution in [0.3, 0.4) is 0 Å². The van der Waals surface area contributed by atoms with Gasteiger partial charge < -0.3 is 20.3 Å². The van der Waals surface area contributed by atoms with Gasteiger partial charge in [0.25, 0.3) is 5.78 Å². The van der Waals surface area contributed by atoms with Gasteiger partial charge in [-0.15, -0.1) is 0 Å². The van der Waals surface area contributed by atoms with Gasteiger partial charge in [-0.2, -0.15) is 4.98 Å². The maximum Gasteiger partial charge on any atom is 0.363 e. The summed E-state index contributed by atoms with van der Waals surface area (Å²) >= 11 is 0. The van der Waals surface area contributed by atoms with Crippen LogP contribution >= 0.6 is 0 Å². The molecule has 0 aliphatic heterocycles. The minimum Gasteiger partial charge on any atom is -0.477 e. The van der Waals surface area contributed by atoms with Crippen molar-refractivity contribution in [3.63, 3.8) is 0 Å². The van der Waals surface area contributed by atoms with E-state index in [0.717, 1.165) is 28.8 Å². The van der Waals surface area contributed by atoms with Crippen LogP contribution in [0.1, 0.15) is 63.2 Å². The molecule has 176 valence electrons. The molecule has 1 aromatic carbocycles. The first kappa shape index (κ1) is 25.2. The highest BCUT2D eigenvalue weighted by Crippen LogP contribution is 2.16. The molecule has 0 saturated carbocycles. The molecule has 12 nitrogen and oxygen atoms in total. The van der Waals surface area contributed by atoms with E-state index in [9.17, 15) is 19.2 Å². The minimum atomic E-state index is -1.34. The number of aryl methyl sites for hydroxylation is 1. The van der Waals surface area contributed by atoms with E-state index in [1.54, 1.807) is 6.07 Å². The third-order valence-corrected chi connectivity index (χ3v) is 4.10. The number of nitrogens with two attached hydrogens (primary N) is 1. The van der Waals surface area contributed by atoms with Crippen molar-refractivity contribution in [1.29, 1.82) is 0 Å². The molecule has 3 rings (SSSR count).